The molecule has 4 aromatic rings. The number of anilines is 1. The molecule has 0 saturated heterocycles. The van der Waals surface area contributed by atoms with Crippen LogP contribution >= 0.6 is 0 Å². The van der Waals surface area contributed by atoms with Crippen LogP contribution < -0.4 is 5.32 Å². The van der Waals surface area contributed by atoms with Crippen molar-refractivity contribution in [3.8, 4) is 0 Å². The topological polar surface area (TPSA) is 55.6 Å². The number of rotatable bonds is 6. The van der Waals surface area contributed by atoms with Gasteiger partial charge in [0.1, 0.15) is 12.1 Å². The molecule has 0 aliphatic rings. The minimum absolute atomic E-state index is 0.786. The summed E-state index contributed by atoms with van der Waals surface area (Å²) in [5.74, 6) is 0.810. The second-order valence-corrected chi connectivity index (χ2v) is 5.94. The fourth-order valence-electron chi connectivity index (χ4n) is 2.80. The van der Waals surface area contributed by atoms with Crippen molar-refractivity contribution in [2.45, 2.75) is 6.42 Å². The Bertz CT molecular complexity index is 1010. The number of aromatic nitrogens is 4. The van der Waals surface area contributed by atoms with Crippen molar-refractivity contribution in [1.29, 1.82) is 0 Å². The highest BCUT2D eigenvalue weighted by Crippen LogP contribution is 2.19. The van der Waals surface area contributed by atoms with E-state index in [1.54, 1.807) is 17.2 Å². The lowest BCUT2D eigenvalue weighted by molar-refractivity contribution is 0.949. The van der Waals surface area contributed by atoms with E-state index in [4.69, 9.17) is 0 Å². The Balaban J connectivity index is 1.50. The first-order valence-corrected chi connectivity index (χ1v) is 8.59. The lowest BCUT2D eigenvalue weighted by atomic mass is 10.1. The first kappa shape index (κ1) is 16.0. The molecule has 0 aliphatic carbocycles. The first-order chi connectivity index (χ1) is 12.9. The van der Waals surface area contributed by atoms with E-state index in [0.717, 1.165) is 35.4 Å². The molecule has 0 aliphatic heterocycles. The largest absolute Gasteiger partial charge is 0.369 e. The molecule has 4 rings (SSSR count). The summed E-state index contributed by atoms with van der Waals surface area (Å²) in [7, 11) is 0. The molecule has 2 heterocycles. The lowest BCUT2D eigenvalue weighted by Gasteiger charge is -2.06. The maximum absolute atomic E-state index is 4.42. The Labute approximate surface area is 152 Å². The van der Waals surface area contributed by atoms with Crippen LogP contribution in [0, 0.1) is 0 Å². The van der Waals surface area contributed by atoms with Crippen molar-refractivity contribution in [1.82, 2.24) is 19.7 Å². The zero-order valence-electron chi connectivity index (χ0n) is 14.3. The molecular weight excluding hydrogens is 322 g/mol. The molecule has 1 N–H and O–H groups in total. The smallest absolute Gasteiger partial charge is 0.167 e. The van der Waals surface area contributed by atoms with E-state index in [-0.39, 0.29) is 0 Å². The Morgan fingerprint density at radius 3 is 2.50 bits per heavy atom. The van der Waals surface area contributed by atoms with Gasteiger partial charge in [0.25, 0.3) is 0 Å². The van der Waals surface area contributed by atoms with Gasteiger partial charge in [0.2, 0.25) is 0 Å². The molecular formula is C21H19N5. The summed E-state index contributed by atoms with van der Waals surface area (Å²) in [6, 6.07) is 20.5. The summed E-state index contributed by atoms with van der Waals surface area (Å²) in [5.41, 5.74) is 3.20. The fraction of sp³-hybridized carbons (Fsp3) is 0.0952. The molecule has 128 valence electrons. The maximum atomic E-state index is 4.42. The van der Waals surface area contributed by atoms with Crippen LogP contribution in [0.1, 0.15) is 11.1 Å². The zero-order chi connectivity index (χ0) is 17.6. The molecule has 26 heavy (non-hydrogen) atoms. The summed E-state index contributed by atoms with van der Waals surface area (Å²) < 4.78 is 1.77. The average Bonchev–Trinajstić information content (AvgIpc) is 3.12. The van der Waals surface area contributed by atoms with Crippen LogP contribution in [-0.2, 0) is 6.42 Å². The minimum atomic E-state index is 0.786. The second-order valence-electron chi connectivity index (χ2n) is 5.94. The van der Waals surface area contributed by atoms with Crippen molar-refractivity contribution in [2.75, 3.05) is 11.9 Å². The van der Waals surface area contributed by atoms with Crippen LogP contribution in [0.3, 0.4) is 0 Å². The SMILES string of the molecule is C(=C/n1ncc2c(NCCc3ccccc3)ncnc21)/c1ccccc1. The number of nitrogens with zero attached hydrogens (tertiary/aromatic N) is 4. The van der Waals surface area contributed by atoms with Crippen LogP contribution in [0.4, 0.5) is 5.82 Å². The number of nitrogens with one attached hydrogen (secondary N) is 1. The fourth-order valence-corrected chi connectivity index (χ4v) is 2.80. The van der Waals surface area contributed by atoms with Crippen LogP contribution in [0.25, 0.3) is 23.3 Å². The molecule has 2 aromatic carbocycles. The third kappa shape index (κ3) is 3.62. The van der Waals surface area contributed by atoms with E-state index in [9.17, 15) is 0 Å². The zero-order valence-corrected chi connectivity index (χ0v) is 14.3. The summed E-state index contributed by atoms with van der Waals surface area (Å²) in [6.45, 7) is 0.807. The molecule has 0 unspecified atom stereocenters. The van der Waals surface area contributed by atoms with Gasteiger partial charge >= 0.3 is 0 Å². The van der Waals surface area contributed by atoms with E-state index in [1.807, 2.05) is 48.7 Å². The molecule has 5 nitrogen and oxygen atoms in total. The average molecular weight is 341 g/mol. The molecule has 0 amide bonds. The number of fused-ring (bicyclic) bond motifs is 1. The van der Waals surface area contributed by atoms with Crippen LogP contribution in [-0.4, -0.2) is 26.3 Å². The van der Waals surface area contributed by atoms with Gasteiger partial charge in [-0.1, -0.05) is 60.7 Å². The molecule has 0 saturated carbocycles. The molecule has 5 heteroatoms. The number of hydrogen-bond acceptors (Lipinski definition) is 4. The van der Waals surface area contributed by atoms with E-state index >= 15 is 0 Å². The summed E-state index contributed by atoms with van der Waals surface area (Å²) >= 11 is 0. The Hall–Kier alpha value is -3.47. The minimum Gasteiger partial charge on any atom is -0.369 e. The van der Waals surface area contributed by atoms with Crippen LogP contribution in [0.2, 0.25) is 0 Å². The number of hydrogen-bond donors (Lipinski definition) is 1. The predicted octanol–water partition coefficient (Wildman–Crippen LogP) is 4.11. The standard InChI is InChI=1S/C21H19N5/c1-3-7-17(8-4-1)11-13-22-20-19-15-25-26(21(19)24-16-23-20)14-12-18-9-5-2-6-10-18/h1-10,12,14-16H,11,13H2,(H,22,23,24)/b14-12-. The molecule has 0 bridgehead atoms. The van der Waals surface area contributed by atoms with Crippen LogP contribution in [0.5, 0.6) is 0 Å². The molecule has 0 atom stereocenters. The van der Waals surface area contributed by atoms with E-state index in [0.29, 0.717) is 0 Å². The van der Waals surface area contributed by atoms with E-state index in [1.165, 1.54) is 5.56 Å². The first-order valence-electron chi connectivity index (χ1n) is 8.59. The monoisotopic (exact) mass is 341 g/mol. The summed E-state index contributed by atoms with van der Waals surface area (Å²) in [4.78, 5) is 8.75. The van der Waals surface area contributed by atoms with Crippen LogP contribution in [0.15, 0.2) is 73.2 Å². The molecule has 0 spiro atoms. The maximum Gasteiger partial charge on any atom is 0.167 e. The summed E-state index contributed by atoms with van der Waals surface area (Å²) in [6.07, 6.45) is 8.24. The van der Waals surface area contributed by atoms with Gasteiger partial charge in [-0.15, -0.1) is 0 Å². The quantitative estimate of drug-likeness (QED) is 0.573. The van der Waals surface area contributed by atoms with Gasteiger partial charge in [0.15, 0.2) is 5.65 Å². The van der Waals surface area contributed by atoms with Gasteiger partial charge in [0, 0.05) is 12.7 Å². The van der Waals surface area contributed by atoms with E-state index < -0.39 is 0 Å². The number of benzene rings is 2. The highest BCUT2D eigenvalue weighted by Gasteiger charge is 2.08. The van der Waals surface area contributed by atoms with Crippen molar-refractivity contribution in [2.24, 2.45) is 0 Å². The Kier molecular flexibility index (Phi) is 4.69. The molecule has 2 aromatic heterocycles. The predicted molar refractivity (Wildman–Crippen MR) is 106 cm³/mol. The molecule has 0 fully saturated rings. The van der Waals surface area contributed by atoms with Gasteiger partial charge in [-0.05, 0) is 23.6 Å². The lowest BCUT2D eigenvalue weighted by Crippen LogP contribution is -2.07. The normalized spacial score (nSPS) is 11.2. The third-order valence-electron chi connectivity index (χ3n) is 4.15. The van der Waals surface area contributed by atoms with Crippen molar-refractivity contribution < 1.29 is 0 Å². The highest BCUT2D eigenvalue weighted by atomic mass is 15.3. The van der Waals surface area contributed by atoms with Crippen molar-refractivity contribution in [3.63, 3.8) is 0 Å². The molecule has 0 radical (unpaired) electrons. The van der Waals surface area contributed by atoms with Gasteiger partial charge in [-0.25, -0.2) is 14.6 Å². The highest BCUT2D eigenvalue weighted by molar-refractivity contribution is 5.87. The van der Waals surface area contributed by atoms with Gasteiger partial charge in [0.05, 0.1) is 11.6 Å². The Morgan fingerprint density at radius 2 is 1.69 bits per heavy atom. The van der Waals surface area contributed by atoms with Gasteiger partial charge in [-0.3, -0.25) is 0 Å². The van der Waals surface area contributed by atoms with Crippen molar-refractivity contribution >= 4 is 29.1 Å². The Morgan fingerprint density at radius 1 is 0.923 bits per heavy atom. The van der Waals surface area contributed by atoms with Gasteiger partial charge < -0.3 is 5.32 Å². The van der Waals surface area contributed by atoms with Crippen molar-refractivity contribution in [3.05, 3.63) is 84.3 Å². The summed E-state index contributed by atoms with van der Waals surface area (Å²) in [5, 5.41) is 8.73. The second kappa shape index (κ2) is 7.61. The van der Waals surface area contributed by atoms with E-state index in [2.05, 4.69) is 44.6 Å². The van der Waals surface area contributed by atoms with Gasteiger partial charge in [-0.2, -0.15) is 5.10 Å². The third-order valence-corrected chi connectivity index (χ3v) is 4.15.